The van der Waals surface area contributed by atoms with Crippen molar-refractivity contribution in [3.63, 3.8) is 0 Å². The summed E-state index contributed by atoms with van der Waals surface area (Å²) in [6.45, 7) is 5.05. The number of amides is 2. The van der Waals surface area contributed by atoms with Crippen molar-refractivity contribution < 1.29 is 14.3 Å². The highest BCUT2D eigenvalue weighted by molar-refractivity contribution is 6.42. The Kier molecular flexibility index (Phi) is 12.2. The third-order valence-electron chi connectivity index (χ3n) is 7.46. The molecule has 0 aliphatic carbocycles. The van der Waals surface area contributed by atoms with Crippen molar-refractivity contribution in [1.82, 2.24) is 24.7 Å². The Labute approximate surface area is 279 Å². The van der Waals surface area contributed by atoms with Crippen LogP contribution in [0.4, 0.5) is 0 Å². The number of likely N-dealkylation sites (N-methyl/N-ethyl adjacent to an activating group) is 1. The second-order valence-corrected chi connectivity index (χ2v) is 12.1. The number of rotatable bonds is 14. The van der Waals surface area contributed by atoms with Crippen molar-refractivity contribution in [2.75, 3.05) is 40.3 Å². The van der Waals surface area contributed by atoms with Gasteiger partial charge in [-0.05, 0) is 88.5 Å². The second-order valence-electron chi connectivity index (χ2n) is 11.3. The van der Waals surface area contributed by atoms with E-state index in [1.54, 1.807) is 77.1 Å². The van der Waals surface area contributed by atoms with Crippen LogP contribution in [-0.2, 0) is 16.0 Å². The SMILES string of the molecule is CCOc1ccc(-n2c(C(CCNC(=O)[C@H](C)N)N(CCN(C)C)C(=O)Cc3ccc(Cl)c(Cl)c3)nc3ccccc3c2=O)cc1. The van der Waals surface area contributed by atoms with Gasteiger partial charge in [0.1, 0.15) is 11.6 Å². The Morgan fingerprint density at radius 2 is 1.74 bits per heavy atom. The van der Waals surface area contributed by atoms with Gasteiger partial charge in [0, 0.05) is 19.6 Å². The highest BCUT2D eigenvalue weighted by atomic mass is 35.5. The lowest BCUT2D eigenvalue weighted by atomic mass is 10.1. The quantitative estimate of drug-likeness (QED) is 0.201. The van der Waals surface area contributed by atoms with E-state index in [0.717, 1.165) is 0 Å². The number of ether oxygens (including phenoxy) is 1. The number of para-hydroxylation sites is 1. The average molecular weight is 668 g/mol. The van der Waals surface area contributed by atoms with Crippen LogP contribution in [0.3, 0.4) is 0 Å². The summed E-state index contributed by atoms with van der Waals surface area (Å²) in [6.07, 6.45) is 0.300. The van der Waals surface area contributed by atoms with E-state index in [0.29, 0.717) is 63.5 Å². The van der Waals surface area contributed by atoms with Gasteiger partial charge < -0.3 is 25.6 Å². The smallest absolute Gasteiger partial charge is 0.266 e. The van der Waals surface area contributed by atoms with Crippen LogP contribution >= 0.6 is 23.2 Å². The molecule has 0 radical (unpaired) electrons. The molecule has 12 heteroatoms. The van der Waals surface area contributed by atoms with Gasteiger partial charge in [-0.15, -0.1) is 0 Å². The number of nitrogens with two attached hydrogens (primary N) is 1. The minimum atomic E-state index is -0.715. The van der Waals surface area contributed by atoms with E-state index in [9.17, 15) is 14.4 Å². The van der Waals surface area contributed by atoms with Gasteiger partial charge >= 0.3 is 0 Å². The van der Waals surface area contributed by atoms with Gasteiger partial charge in [0.05, 0.1) is 51.7 Å². The molecule has 0 spiro atoms. The lowest BCUT2D eigenvalue weighted by molar-refractivity contribution is -0.133. The number of fused-ring (bicyclic) bond motifs is 1. The van der Waals surface area contributed by atoms with Gasteiger partial charge in [0.15, 0.2) is 0 Å². The van der Waals surface area contributed by atoms with Crippen LogP contribution in [0.2, 0.25) is 10.0 Å². The first kappa shape index (κ1) is 34.9. The molecule has 1 heterocycles. The Hall–Kier alpha value is -3.96. The number of halogens is 2. The molecule has 0 aliphatic heterocycles. The Balaban J connectivity index is 1.90. The summed E-state index contributed by atoms with van der Waals surface area (Å²) in [7, 11) is 3.84. The molecule has 0 saturated heterocycles. The first-order valence-electron chi connectivity index (χ1n) is 15.2. The summed E-state index contributed by atoms with van der Waals surface area (Å²) in [5.74, 6) is 0.499. The lowest BCUT2D eigenvalue weighted by Crippen LogP contribution is -2.44. The topological polar surface area (TPSA) is 123 Å². The van der Waals surface area contributed by atoms with Crippen LogP contribution in [0, 0.1) is 0 Å². The van der Waals surface area contributed by atoms with E-state index in [2.05, 4.69) is 5.32 Å². The number of benzene rings is 3. The summed E-state index contributed by atoms with van der Waals surface area (Å²) in [4.78, 5) is 49.6. The fraction of sp³-hybridized carbons (Fsp3) is 0.353. The van der Waals surface area contributed by atoms with Crippen LogP contribution in [0.15, 0.2) is 71.5 Å². The number of hydrogen-bond donors (Lipinski definition) is 2. The van der Waals surface area contributed by atoms with Crippen molar-refractivity contribution in [2.45, 2.75) is 38.8 Å². The third-order valence-corrected chi connectivity index (χ3v) is 8.20. The number of carbonyl (C=O) groups excluding carboxylic acids is 2. The number of hydrogen-bond acceptors (Lipinski definition) is 7. The fourth-order valence-corrected chi connectivity index (χ4v) is 5.41. The van der Waals surface area contributed by atoms with Crippen molar-refractivity contribution in [2.24, 2.45) is 5.73 Å². The third kappa shape index (κ3) is 8.64. The van der Waals surface area contributed by atoms with Crippen molar-refractivity contribution in [3.8, 4) is 11.4 Å². The zero-order valence-electron chi connectivity index (χ0n) is 26.5. The first-order chi connectivity index (χ1) is 22.0. The first-order valence-corrected chi connectivity index (χ1v) is 15.9. The fourth-order valence-electron chi connectivity index (χ4n) is 5.09. The molecule has 3 N–H and O–H groups in total. The molecule has 0 bridgehead atoms. The zero-order chi connectivity index (χ0) is 33.4. The molecule has 0 saturated carbocycles. The average Bonchev–Trinajstić information content (AvgIpc) is 3.02. The maximum atomic E-state index is 14.2. The minimum absolute atomic E-state index is 0.0356. The minimum Gasteiger partial charge on any atom is -0.494 e. The molecule has 2 amide bonds. The molecule has 1 aromatic heterocycles. The number of aromatic nitrogens is 2. The van der Waals surface area contributed by atoms with Crippen molar-refractivity contribution in [1.29, 1.82) is 0 Å². The Morgan fingerprint density at radius 3 is 2.39 bits per heavy atom. The maximum absolute atomic E-state index is 14.2. The Morgan fingerprint density at radius 1 is 1.02 bits per heavy atom. The van der Waals surface area contributed by atoms with E-state index in [1.807, 2.05) is 32.0 Å². The number of nitrogens with one attached hydrogen (secondary N) is 1. The van der Waals surface area contributed by atoms with Crippen LogP contribution in [-0.4, -0.2) is 77.5 Å². The molecule has 2 atom stereocenters. The van der Waals surface area contributed by atoms with Gasteiger partial charge in [-0.2, -0.15) is 0 Å². The molecule has 3 aromatic carbocycles. The molecule has 4 aromatic rings. The van der Waals surface area contributed by atoms with Crippen LogP contribution in [0.1, 0.15) is 37.7 Å². The lowest BCUT2D eigenvalue weighted by Gasteiger charge is -2.34. The number of nitrogens with zero attached hydrogens (tertiary/aromatic N) is 4. The standard InChI is InChI=1S/C34H40Cl2N6O4/c1-5-46-25-13-11-24(12-14-25)42-32(39-29-9-7-6-8-26(29)34(42)45)30(16-17-38-33(44)22(2)37)41(19-18-40(3)4)31(43)21-23-10-15-27(35)28(36)20-23/h6-15,20,22,30H,5,16-19,21,37H2,1-4H3,(H,38,44)/t22-,30?/m0/s1. The molecule has 0 fully saturated rings. The highest BCUT2D eigenvalue weighted by Crippen LogP contribution is 2.29. The second kappa shape index (κ2) is 16.0. The normalized spacial score (nSPS) is 12.6. The van der Waals surface area contributed by atoms with Gasteiger partial charge in [0.2, 0.25) is 11.8 Å². The highest BCUT2D eigenvalue weighted by Gasteiger charge is 2.30. The van der Waals surface area contributed by atoms with E-state index >= 15 is 0 Å². The summed E-state index contributed by atoms with van der Waals surface area (Å²) in [6, 6.07) is 18.0. The molecule has 10 nitrogen and oxygen atoms in total. The van der Waals surface area contributed by atoms with E-state index in [1.165, 1.54) is 0 Å². The summed E-state index contributed by atoms with van der Waals surface area (Å²) >= 11 is 12.4. The molecule has 4 rings (SSSR count). The van der Waals surface area contributed by atoms with Crippen molar-refractivity contribution in [3.05, 3.63) is 98.5 Å². The van der Waals surface area contributed by atoms with Gasteiger partial charge in [-0.1, -0.05) is 41.4 Å². The summed E-state index contributed by atoms with van der Waals surface area (Å²) < 4.78 is 7.18. The van der Waals surface area contributed by atoms with Crippen LogP contribution in [0.25, 0.3) is 16.6 Å². The van der Waals surface area contributed by atoms with Crippen LogP contribution < -0.4 is 21.3 Å². The molecule has 46 heavy (non-hydrogen) atoms. The predicted molar refractivity (Wildman–Crippen MR) is 183 cm³/mol. The van der Waals surface area contributed by atoms with E-state index < -0.39 is 12.1 Å². The molecule has 1 unspecified atom stereocenters. The molecular formula is C34H40Cl2N6O4. The maximum Gasteiger partial charge on any atom is 0.266 e. The largest absolute Gasteiger partial charge is 0.494 e. The predicted octanol–water partition coefficient (Wildman–Crippen LogP) is 4.62. The molecular weight excluding hydrogens is 627 g/mol. The van der Waals surface area contributed by atoms with Gasteiger partial charge in [-0.25, -0.2) is 4.98 Å². The molecule has 244 valence electrons. The Bertz CT molecular complexity index is 1730. The van der Waals surface area contributed by atoms with Crippen molar-refractivity contribution >= 4 is 45.9 Å². The summed E-state index contributed by atoms with van der Waals surface area (Å²) in [5, 5.41) is 4.04. The van der Waals surface area contributed by atoms with E-state index in [4.69, 9.17) is 38.7 Å². The van der Waals surface area contributed by atoms with Gasteiger partial charge in [-0.3, -0.25) is 19.0 Å². The zero-order valence-corrected chi connectivity index (χ0v) is 28.0. The molecule has 0 aliphatic rings. The summed E-state index contributed by atoms with van der Waals surface area (Å²) in [5.41, 5.74) is 7.28. The van der Waals surface area contributed by atoms with Crippen LogP contribution in [0.5, 0.6) is 5.75 Å². The number of carbonyl (C=O) groups is 2. The van der Waals surface area contributed by atoms with E-state index in [-0.39, 0.29) is 36.8 Å². The monoisotopic (exact) mass is 666 g/mol. The van der Waals surface area contributed by atoms with Gasteiger partial charge in [0.25, 0.3) is 5.56 Å².